The Bertz CT molecular complexity index is 75.6. The molecule has 0 heterocycles. The van der Waals surface area contributed by atoms with Crippen molar-refractivity contribution in [2.45, 2.75) is 39.5 Å². The number of hydrazine groups is 1. The summed E-state index contributed by atoms with van der Waals surface area (Å²) in [4.78, 5) is 0. The lowest BCUT2D eigenvalue weighted by atomic mass is 10.4. The summed E-state index contributed by atoms with van der Waals surface area (Å²) in [5.41, 5.74) is 3.20. The van der Waals surface area contributed by atoms with Crippen LogP contribution in [0.25, 0.3) is 0 Å². The van der Waals surface area contributed by atoms with E-state index in [1.807, 2.05) is 0 Å². The Balaban J connectivity index is 3.28. The molecule has 9 heavy (non-hydrogen) atoms. The van der Waals surface area contributed by atoms with E-state index < -0.39 is 8.24 Å². The molecule has 0 rings (SSSR count). The van der Waals surface area contributed by atoms with Crippen LogP contribution in [0.1, 0.15) is 13.8 Å². The molecule has 0 aromatic carbocycles. The molecule has 0 aromatic heterocycles. The Morgan fingerprint density at radius 2 is 1.56 bits per heavy atom. The van der Waals surface area contributed by atoms with Crippen LogP contribution in [0.5, 0.6) is 0 Å². The van der Waals surface area contributed by atoms with Gasteiger partial charge in [-0.3, -0.25) is 10.5 Å². The van der Waals surface area contributed by atoms with Crippen molar-refractivity contribution in [3.05, 3.63) is 0 Å². The van der Waals surface area contributed by atoms with Crippen molar-refractivity contribution in [3.8, 4) is 0 Å². The molecular weight excluding hydrogens is 128 g/mol. The Morgan fingerprint density at radius 1 is 1.11 bits per heavy atom. The zero-order valence-electron chi connectivity index (χ0n) is 7.08. The molecule has 0 aliphatic rings. The summed E-state index contributed by atoms with van der Waals surface area (Å²) in [7, 11) is -1.08. The minimum Gasteiger partial charge on any atom is -0.279 e. The maximum absolute atomic E-state index is 3.31. The summed E-state index contributed by atoms with van der Waals surface area (Å²) in [6.07, 6.45) is 0. The van der Waals surface area contributed by atoms with Gasteiger partial charge in [-0.05, 0) is 13.8 Å². The maximum Gasteiger partial charge on any atom is 0.132 e. The molecule has 0 amide bonds. The third-order valence-corrected chi connectivity index (χ3v) is 1.63. The van der Waals surface area contributed by atoms with Crippen molar-refractivity contribution in [2.24, 2.45) is 0 Å². The number of nitrogens with one attached hydrogen (secondary N) is 2. The van der Waals surface area contributed by atoms with E-state index in [9.17, 15) is 0 Å². The van der Waals surface area contributed by atoms with E-state index in [-0.39, 0.29) is 0 Å². The van der Waals surface area contributed by atoms with Gasteiger partial charge in [0, 0.05) is 6.04 Å². The SMILES string of the molecule is CC(C)NN[Si](C)(C)C. The van der Waals surface area contributed by atoms with E-state index in [1.54, 1.807) is 0 Å². The van der Waals surface area contributed by atoms with E-state index in [0.29, 0.717) is 6.04 Å². The second kappa shape index (κ2) is 3.34. The van der Waals surface area contributed by atoms with Gasteiger partial charge in [0.2, 0.25) is 0 Å². The third-order valence-electron chi connectivity index (χ3n) is 0.736. The molecule has 56 valence electrons. The van der Waals surface area contributed by atoms with Gasteiger partial charge >= 0.3 is 0 Å². The minimum atomic E-state index is -1.08. The maximum atomic E-state index is 3.31. The Morgan fingerprint density at radius 3 is 1.67 bits per heavy atom. The van der Waals surface area contributed by atoms with Crippen LogP contribution in [0.2, 0.25) is 19.6 Å². The van der Waals surface area contributed by atoms with E-state index >= 15 is 0 Å². The highest BCUT2D eigenvalue weighted by atomic mass is 28.3. The lowest BCUT2D eigenvalue weighted by Crippen LogP contribution is -2.52. The van der Waals surface area contributed by atoms with Gasteiger partial charge in [0.05, 0.1) is 0 Å². The zero-order valence-corrected chi connectivity index (χ0v) is 8.08. The first-order valence-electron chi connectivity index (χ1n) is 3.44. The van der Waals surface area contributed by atoms with Crippen LogP contribution in [0, 0.1) is 0 Å². The van der Waals surface area contributed by atoms with Crippen LogP contribution >= 0.6 is 0 Å². The molecular formula is C6H18N2Si. The number of hydrogen-bond donors (Lipinski definition) is 2. The van der Waals surface area contributed by atoms with Crippen molar-refractivity contribution in [1.82, 2.24) is 10.5 Å². The van der Waals surface area contributed by atoms with Gasteiger partial charge < -0.3 is 0 Å². The van der Waals surface area contributed by atoms with Crippen molar-refractivity contribution in [1.29, 1.82) is 0 Å². The standard InChI is InChI=1S/C6H18N2Si/c1-6(2)7-8-9(3,4)5/h6-8H,1-5H3. The van der Waals surface area contributed by atoms with E-state index in [0.717, 1.165) is 0 Å². The average Bonchev–Trinajstić information content (AvgIpc) is 1.59. The predicted molar refractivity (Wildman–Crippen MR) is 44.8 cm³/mol. The fraction of sp³-hybridized carbons (Fsp3) is 1.00. The van der Waals surface area contributed by atoms with Crippen LogP contribution in [0.3, 0.4) is 0 Å². The van der Waals surface area contributed by atoms with Crippen molar-refractivity contribution >= 4 is 8.24 Å². The third kappa shape index (κ3) is 8.14. The summed E-state index contributed by atoms with van der Waals surface area (Å²) < 4.78 is 0. The van der Waals surface area contributed by atoms with Crippen LogP contribution in [-0.2, 0) is 0 Å². The fourth-order valence-electron chi connectivity index (χ4n) is 0.361. The van der Waals surface area contributed by atoms with Gasteiger partial charge in [-0.15, -0.1) is 0 Å². The van der Waals surface area contributed by atoms with E-state index in [1.165, 1.54) is 0 Å². The van der Waals surface area contributed by atoms with Crippen LogP contribution in [0.15, 0.2) is 0 Å². The first-order valence-corrected chi connectivity index (χ1v) is 6.94. The minimum absolute atomic E-state index is 0.539. The molecule has 0 bridgehead atoms. The smallest absolute Gasteiger partial charge is 0.132 e. The number of rotatable bonds is 3. The molecule has 0 atom stereocenters. The lowest BCUT2D eigenvalue weighted by Gasteiger charge is -2.20. The molecule has 0 aromatic rings. The summed E-state index contributed by atoms with van der Waals surface area (Å²) in [5.74, 6) is 0. The molecule has 0 fully saturated rings. The largest absolute Gasteiger partial charge is 0.279 e. The molecule has 0 aliphatic heterocycles. The average molecular weight is 146 g/mol. The van der Waals surface area contributed by atoms with Crippen molar-refractivity contribution < 1.29 is 0 Å². The van der Waals surface area contributed by atoms with Gasteiger partial charge in [-0.25, -0.2) is 0 Å². The zero-order chi connectivity index (χ0) is 7.49. The van der Waals surface area contributed by atoms with Gasteiger partial charge in [0.15, 0.2) is 0 Å². The van der Waals surface area contributed by atoms with Gasteiger partial charge in [0.25, 0.3) is 0 Å². The highest BCUT2D eigenvalue weighted by Crippen LogP contribution is 1.91. The molecule has 2 nitrogen and oxygen atoms in total. The second-order valence-corrected chi connectivity index (χ2v) is 8.42. The fourth-order valence-corrected chi connectivity index (χ4v) is 1.08. The summed E-state index contributed by atoms with van der Waals surface area (Å²) >= 11 is 0. The van der Waals surface area contributed by atoms with Gasteiger partial charge in [-0.1, -0.05) is 19.6 Å². The Kier molecular flexibility index (Phi) is 3.39. The van der Waals surface area contributed by atoms with Crippen LogP contribution in [0.4, 0.5) is 0 Å². The van der Waals surface area contributed by atoms with Crippen molar-refractivity contribution in [3.63, 3.8) is 0 Å². The van der Waals surface area contributed by atoms with E-state index in [2.05, 4.69) is 44.0 Å². The topological polar surface area (TPSA) is 24.1 Å². The van der Waals surface area contributed by atoms with Crippen LogP contribution < -0.4 is 10.5 Å². The monoisotopic (exact) mass is 146 g/mol. The Labute approximate surface area is 59.1 Å². The molecule has 0 radical (unpaired) electrons. The summed E-state index contributed by atoms with van der Waals surface area (Å²) in [6.45, 7) is 11.1. The summed E-state index contributed by atoms with van der Waals surface area (Å²) in [5, 5.41) is 3.31. The van der Waals surface area contributed by atoms with E-state index in [4.69, 9.17) is 0 Å². The quantitative estimate of drug-likeness (QED) is 0.463. The molecule has 0 saturated heterocycles. The first-order chi connectivity index (χ1) is 3.92. The molecule has 0 spiro atoms. The predicted octanol–water partition coefficient (Wildman–Crippen LogP) is 1.32. The molecule has 0 unspecified atom stereocenters. The molecule has 2 N–H and O–H groups in total. The Hall–Kier alpha value is 0.137. The molecule has 0 saturated carbocycles. The highest BCUT2D eigenvalue weighted by molar-refractivity contribution is 6.73. The first kappa shape index (κ1) is 9.14. The highest BCUT2D eigenvalue weighted by Gasteiger charge is 2.11. The van der Waals surface area contributed by atoms with Crippen molar-refractivity contribution in [2.75, 3.05) is 0 Å². The van der Waals surface area contributed by atoms with Gasteiger partial charge in [-0.2, -0.15) is 0 Å². The molecule has 0 aliphatic carbocycles. The van der Waals surface area contributed by atoms with Crippen LogP contribution in [-0.4, -0.2) is 14.3 Å². The normalized spacial score (nSPS) is 12.7. The second-order valence-electron chi connectivity index (χ2n) is 3.67. The van der Waals surface area contributed by atoms with Gasteiger partial charge in [0.1, 0.15) is 8.24 Å². The number of hydrogen-bond acceptors (Lipinski definition) is 2. The lowest BCUT2D eigenvalue weighted by molar-refractivity contribution is 0.559. The summed E-state index contributed by atoms with van der Waals surface area (Å²) in [6, 6.07) is 0.539. The molecule has 3 heteroatoms.